The molecule has 2 rings (SSSR count). The third-order valence-electron chi connectivity index (χ3n) is 3.08. The molecule has 1 aromatic rings. The van der Waals surface area contributed by atoms with Gasteiger partial charge in [0, 0.05) is 12.0 Å². The molecule has 0 radical (unpaired) electrons. The number of hydrogen-bond acceptors (Lipinski definition) is 2. The van der Waals surface area contributed by atoms with Crippen molar-refractivity contribution < 1.29 is 8.78 Å². The van der Waals surface area contributed by atoms with E-state index in [1.54, 1.807) is 13.8 Å². The van der Waals surface area contributed by atoms with Gasteiger partial charge in [0.25, 0.3) is 5.92 Å². The number of rotatable bonds is 0. The zero-order valence-electron chi connectivity index (χ0n) is 9.27. The lowest BCUT2D eigenvalue weighted by atomic mass is 9.87. The molecule has 0 aliphatic heterocycles. The average Bonchev–Trinajstić information content (AvgIpc) is 2.16. The summed E-state index contributed by atoms with van der Waals surface area (Å²) < 4.78 is 27.5. The Morgan fingerprint density at radius 1 is 1.38 bits per heavy atom. The molecule has 2 nitrogen and oxygen atoms in total. The van der Waals surface area contributed by atoms with Gasteiger partial charge in [-0.1, -0.05) is 0 Å². The summed E-state index contributed by atoms with van der Waals surface area (Å²) in [5, 5.41) is 8.94. The number of halogens is 2. The van der Waals surface area contributed by atoms with E-state index in [-0.39, 0.29) is 12.0 Å². The number of fused-ring (bicyclic) bond motifs is 1. The first-order valence-corrected chi connectivity index (χ1v) is 5.26. The van der Waals surface area contributed by atoms with Gasteiger partial charge in [-0.2, -0.15) is 5.26 Å². The van der Waals surface area contributed by atoms with Crippen LogP contribution in [0.5, 0.6) is 0 Å². The fourth-order valence-corrected chi connectivity index (χ4v) is 2.36. The van der Waals surface area contributed by atoms with Gasteiger partial charge >= 0.3 is 0 Å². The number of aromatic nitrogens is 1. The molecule has 1 heterocycles. The highest BCUT2D eigenvalue weighted by atomic mass is 19.3. The fourth-order valence-electron chi connectivity index (χ4n) is 2.36. The molecule has 0 bridgehead atoms. The minimum Gasteiger partial charge on any atom is -0.256 e. The maximum atomic E-state index is 13.8. The van der Waals surface area contributed by atoms with Gasteiger partial charge in [-0.3, -0.25) is 4.98 Å². The van der Waals surface area contributed by atoms with Crippen molar-refractivity contribution in [2.24, 2.45) is 0 Å². The van der Waals surface area contributed by atoms with Gasteiger partial charge in [-0.25, -0.2) is 8.78 Å². The van der Waals surface area contributed by atoms with Crippen molar-refractivity contribution in [3.05, 3.63) is 28.1 Å². The predicted octanol–water partition coefficient (Wildman–Crippen LogP) is 3.00. The molecule has 0 unspecified atom stereocenters. The minimum atomic E-state index is -2.83. The van der Waals surface area contributed by atoms with Crippen LogP contribution in [0.3, 0.4) is 0 Å². The molecular weight excluding hydrogens is 210 g/mol. The van der Waals surface area contributed by atoms with Crippen LogP contribution in [0, 0.1) is 25.2 Å². The predicted molar refractivity (Wildman–Crippen MR) is 55.3 cm³/mol. The van der Waals surface area contributed by atoms with E-state index in [0.29, 0.717) is 35.4 Å². The molecule has 4 heteroatoms. The van der Waals surface area contributed by atoms with Crippen LogP contribution in [0.4, 0.5) is 8.78 Å². The molecule has 16 heavy (non-hydrogen) atoms. The van der Waals surface area contributed by atoms with Crippen molar-refractivity contribution in [2.45, 2.75) is 39.0 Å². The van der Waals surface area contributed by atoms with Crippen LogP contribution in [-0.4, -0.2) is 4.98 Å². The highest BCUT2D eigenvalue weighted by molar-refractivity contribution is 5.48. The molecule has 0 atom stereocenters. The Hall–Kier alpha value is -1.50. The van der Waals surface area contributed by atoms with Crippen LogP contribution >= 0.6 is 0 Å². The number of alkyl halides is 2. The van der Waals surface area contributed by atoms with E-state index < -0.39 is 5.92 Å². The second-order valence-corrected chi connectivity index (χ2v) is 4.19. The van der Waals surface area contributed by atoms with E-state index in [4.69, 9.17) is 5.26 Å². The average molecular weight is 222 g/mol. The van der Waals surface area contributed by atoms with Gasteiger partial charge in [0.05, 0.1) is 17.0 Å². The number of aryl methyl sites for hydroxylation is 2. The quantitative estimate of drug-likeness (QED) is 0.676. The Labute approximate surface area is 92.9 Å². The molecule has 84 valence electrons. The molecule has 0 saturated carbocycles. The van der Waals surface area contributed by atoms with Crippen molar-refractivity contribution in [2.75, 3.05) is 0 Å². The summed E-state index contributed by atoms with van der Waals surface area (Å²) >= 11 is 0. The van der Waals surface area contributed by atoms with E-state index in [1.165, 1.54) is 0 Å². The van der Waals surface area contributed by atoms with E-state index in [2.05, 4.69) is 4.98 Å². The second kappa shape index (κ2) is 3.51. The number of nitriles is 1. The number of hydrogen-bond donors (Lipinski definition) is 0. The molecule has 0 amide bonds. The van der Waals surface area contributed by atoms with Crippen LogP contribution in [0.15, 0.2) is 0 Å². The zero-order valence-corrected chi connectivity index (χ0v) is 9.27. The Morgan fingerprint density at radius 2 is 2.06 bits per heavy atom. The maximum Gasteiger partial charge on any atom is 0.275 e. The lowest BCUT2D eigenvalue weighted by Gasteiger charge is -2.27. The molecule has 0 saturated heterocycles. The standard InChI is InChI=1S/C12H12F2N2/c1-7-9(6-15)8(2)16-10-4-3-5-12(13,14)11(7)10/h3-5H2,1-2H3. The van der Waals surface area contributed by atoms with Gasteiger partial charge in [-0.15, -0.1) is 0 Å². The molecule has 1 aliphatic rings. The Kier molecular flexibility index (Phi) is 2.42. The van der Waals surface area contributed by atoms with Crippen molar-refractivity contribution in [1.29, 1.82) is 5.26 Å². The van der Waals surface area contributed by atoms with Gasteiger partial charge < -0.3 is 0 Å². The monoisotopic (exact) mass is 222 g/mol. The van der Waals surface area contributed by atoms with Crippen LogP contribution in [-0.2, 0) is 12.3 Å². The first-order valence-electron chi connectivity index (χ1n) is 5.26. The van der Waals surface area contributed by atoms with Crippen LogP contribution < -0.4 is 0 Å². The smallest absolute Gasteiger partial charge is 0.256 e. The fraction of sp³-hybridized carbons (Fsp3) is 0.500. The van der Waals surface area contributed by atoms with E-state index in [9.17, 15) is 8.78 Å². The van der Waals surface area contributed by atoms with Crippen LogP contribution in [0.25, 0.3) is 0 Å². The first-order chi connectivity index (χ1) is 7.47. The molecule has 1 aromatic heterocycles. The highest BCUT2D eigenvalue weighted by Gasteiger charge is 2.39. The summed E-state index contributed by atoms with van der Waals surface area (Å²) in [6.45, 7) is 3.28. The molecular formula is C12H12F2N2. The normalized spacial score (nSPS) is 17.7. The van der Waals surface area contributed by atoms with Gasteiger partial charge in [0.1, 0.15) is 6.07 Å². The summed E-state index contributed by atoms with van der Waals surface area (Å²) in [5.41, 5.74) is 1.69. The number of nitrogens with zero attached hydrogens (tertiary/aromatic N) is 2. The second-order valence-electron chi connectivity index (χ2n) is 4.19. The SMILES string of the molecule is Cc1nc2c(c(C)c1C#N)C(F)(F)CCC2. The van der Waals surface area contributed by atoms with Gasteiger partial charge in [0.2, 0.25) is 0 Å². The lowest BCUT2D eigenvalue weighted by Crippen LogP contribution is -2.24. The molecule has 1 aliphatic carbocycles. The topological polar surface area (TPSA) is 36.7 Å². The van der Waals surface area contributed by atoms with E-state index >= 15 is 0 Å². The Bertz CT molecular complexity index is 487. The largest absolute Gasteiger partial charge is 0.275 e. The Morgan fingerprint density at radius 3 is 2.69 bits per heavy atom. The number of pyridine rings is 1. The van der Waals surface area contributed by atoms with Crippen molar-refractivity contribution >= 4 is 0 Å². The molecule has 0 spiro atoms. The van der Waals surface area contributed by atoms with Crippen molar-refractivity contribution in [3.63, 3.8) is 0 Å². The van der Waals surface area contributed by atoms with Gasteiger partial charge in [0.15, 0.2) is 0 Å². The summed E-state index contributed by atoms with van der Waals surface area (Å²) in [7, 11) is 0. The zero-order chi connectivity index (χ0) is 11.9. The van der Waals surface area contributed by atoms with Gasteiger partial charge in [-0.05, 0) is 32.3 Å². The maximum absolute atomic E-state index is 13.8. The molecule has 0 N–H and O–H groups in total. The van der Waals surface area contributed by atoms with Crippen molar-refractivity contribution in [1.82, 2.24) is 4.98 Å². The van der Waals surface area contributed by atoms with E-state index in [0.717, 1.165) is 0 Å². The summed E-state index contributed by atoms with van der Waals surface area (Å²) in [5.74, 6) is -2.83. The minimum absolute atomic E-state index is 0.0131. The summed E-state index contributed by atoms with van der Waals surface area (Å²) in [6.07, 6.45) is 0.895. The summed E-state index contributed by atoms with van der Waals surface area (Å²) in [6, 6.07) is 1.96. The lowest BCUT2D eigenvalue weighted by molar-refractivity contribution is -0.0230. The third kappa shape index (κ3) is 1.47. The Balaban J connectivity index is 2.75. The third-order valence-corrected chi connectivity index (χ3v) is 3.08. The summed E-state index contributed by atoms with van der Waals surface area (Å²) in [4.78, 5) is 4.14. The van der Waals surface area contributed by atoms with E-state index in [1.807, 2.05) is 6.07 Å². The van der Waals surface area contributed by atoms with Crippen molar-refractivity contribution in [3.8, 4) is 6.07 Å². The van der Waals surface area contributed by atoms with Crippen LogP contribution in [0.2, 0.25) is 0 Å². The first kappa shape index (κ1) is 11.0. The van der Waals surface area contributed by atoms with Crippen LogP contribution in [0.1, 0.15) is 40.9 Å². The molecule has 0 fully saturated rings. The molecule has 0 aromatic carbocycles. The highest BCUT2D eigenvalue weighted by Crippen LogP contribution is 2.42.